The van der Waals surface area contributed by atoms with E-state index in [2.05, 4.69) is 10.4 Å². The number of aromatic nitrogens is 2. The van der Waals surface area contributed by atoms with Crippen molar-refractivity contribution in [1.82, 2.24) is 14.7 Å². The van der Waals surface area contributed by atoms with E-state index < -0.39 is 11.8 Å². The van der Waals surface area contributed by atoms with E-state index in [0.29, 0.717) is 29.4 Å². The number of amides is 2. The van der Waals surface area contributed by atoms with Crippen LogP contribution in [0.1, 0.15) is 30.6 Å². The molecule has 5 rings (SSSR count). The molecule has 0 spiro atoms. The number of carbonyl (C=O) groups is 2. The van der Waals surface area contributed by atoms with Crippen molar-refractivity contribution in [3.8, 4) is 16.9 Å². The molecule has 0 bridgehead atoms. The Morgan fingerprint density at radius 3 is 2.30 bits per heavy atom. The molecule has 0 radical (unpaired) electrons. The van der Waals surface area contributed by atoms with Gasteiger partial charge in [-0.25, -0.2) is 9.07 Å². The first-order chi connectivity index (χ1) is 19.5. The molecule has 0 aliphatic rings. The number of benzene rings is 3. The Morgan fingerprint density at radius 1 is 0.950 bits per heavy atom. The number of anilines is 1. The average Bonchev–Trinajstić information content (AvgIpc) is 3.65. The lowest BCUT2D eigenvalue weighted by Crippen LogP contribution is -2.40. The van der Waals surface area contributed by atoms with Crippen LogP contribution in [0.2, 0.25) is 0 Å². The maximum absolute atomic E-state index is 13.7. The Hall–Kier alpha value is -4.98. The second-order valence-corrected chi connectivity index (χ2v) is 9.36. The normalized spacial score (nSPS) is 11.7. The van der Waals surface area contributed by atoms with Crippen LogP contribution in [-0.2, 0) is 16.1 Å². The fourth-order valence-corrected chi connectivity index (χ4v) is 4.62. The second-order valence-electron chi connectivity index (χ2n) is 9.36. The zero-order chi connectivity index (χ0) is 27.9. The van der Waals surface area contributed by atoms with Crippen LogP contribution >= 0.6 is 0 Å². The molecule has 0 aliphatic heterocycles. The summed E-state index contributed by atoms with van der Waals surface area (Å²) in [5, 5.41) is 7.59. The second kappa shape index (κ2) is 12.3. The summed E-state index contributed by atoms with van der Waals surface area (Å²) in [7, 11) is 0. The molecule has 1 N–H and O–H groups in total. The largest absolute Gasteiger partial charge is 0.467 e. The predicted molar refractivity (Wildman–Crippen MR) is 151 cm³/mol. The topological polar surface area (TPSA) is 80.4 Å². The number of halogens is 1. The van der Waals surface area contributed by atoms with Gasteiger partial charge in [0.05, 0.1) is 30.1 Å². The van der Waals surface area contributed by atoms with E-state index in [9.17, 15) is 14.0 Å². The van der Waals surface area contributed by atoms with Gasteiger partial charge in [0.2, 0.25) is 11.8 Å². The summed E-state index contributed by atoms with van der Waals surface area (Å²) in [6.45, 7) is 1.90. The van der Waals surface area contributed by atoms with E-state index in [4.69, 9.17) is 4.42 Å². The van der Waals surface area contributed by atoms with Crippen LogP contribution < -0.4 is 5.32 Å². The minimum absolute atomic E-state index is 0.148. The van der Waals surface area contributed by atoms with Crippen molar-refractivity contribution < 1.29 is 18.4 Å². The van der Waals surface area contributed by atoms with Gasteiger partial charge in [0, 0.05) is 11.6 Å². The van der Waals surface area contributed by atoms with Gasteiger partial charge >= 0.3 is 0 Å². The Balaban J connectivity index is 1.42. The highest BCUT2D eigenvalue weighted by molar-refractivity contribution is 5.95. The van der Waals surface area contributed by atoms with Crippen LogP contribution in [0.25, 0.3) is 16.9 Å². The molecule has 7 nitrogen and oxygen atoms in total. The molecule has 2 amide bonds. The minimum atomic E-state index is -0.404. The first-order valence-electron chi connectivity index (χ1n) is 13.1. The van der Waals surface area contributed by atoms with Gasteiger partial charge in [-0.05, 0) is 48.4 Å². The maximum atomic E-state index is 13.7. The highest BCUT2D eigenvalue weighted by atomic mass is 19.1. The number of nitrogens with one attached hydrogen (secondary N) is 1. The van der Waals surface area contributed by atoms with Crippen molar-refractivity contribution in [2.75, 3.05) is 11.9 Å². The van der Waals surface area contributed by atoms with Gasteiger partial charge in [-0.1, -0.05) is 67.6 Å². The molecule has 0 saturated carbocycles. The van der Waals surface area contributed by atoms with Gasteiger partial charge in [0.1, 0.15) is 23.9 Å². The Morgan fingerprint density at radius 2 is 1.65 bits per heavy atom. The van der Waals surface area contributed by atoms with Crippen LogP contribution in [-0.4, -0.2) is 33.0 Å². The van der Waals surface area contributed by atoms with Crippen molar-refractivity contribution in [2.45, 2.75) is 25.8 Å². The van der Waals surface area contributed by atoms with Gasteiger partial charge in [0.25, 0.3) is 0 Å². The third kappa shape index (κ3) is 6.18. The molecule has 40 heavy (non-hydrogen) atoms. The van der Waals surface area contributed by atoms with E-state index >= 15 is 0 Å². The van der Waals surface area contributed by atoms with E-state index in [-0.39, 0.29) is 24.8 Å². The summed E-state index contributed by atoms with van der Waals surface area (Å²) in [5.74, 6) is -0.371. The highest BCUT2D eigenvalue weighted by Gasteiger charge is 2.27. The molecule has 0 saturated heterocycles. The Kier molecular flexibility index (Phi) is 8.15. The summed E-state index contributed by atoms with van der Waals surface area (Å²) >= 11 is 0. The first kappa shape index (κ1) is 26.6. The molecular weight excluding hydrogens is 507 g/mol. The SMILES string of the molecule is CCC(C(=O)N(CC(=O)Nc1cc(-c2ccccc2)nn1-c1ccc(F)cc1)Cc1ccco1)c1ccccc1. The molecule has 1 unspecified atom stereocenters. The molecule has 5 aromatic rings. The first-order valence-corrected chi connectivity index (χ1v) is 13.1. The fraction of sp³-hybridized carbons (Fsp3) is 0.156. The molecule has 1 atom stereocenters. The molecule has 8 heteroatoms. The minimum Gasteiger partial charge on any atom is -0.467 e. The van der Waals surface area contributed by atoms with Crippen LogP contribution in [0.3, 0.4) is 0 Å². The molecule has 2 heterocycles. The summed E-state index contributed by atoms with van der Waals surface area (Å²) in [4.78, 5) is 28.7. The van der Waals surface area contributed by atoms with Crippen LogP contribution in [0, 0.1) is 5.82 Å². The summed E-state index contributed by atoms with van der Waals surface area (Å²) in [6, 6.07) is 30.2. The molecule has 0 fully saturated rings. The molecule has 2 aromatic heterocycles. The average molecular weight is 537 g/mol. The number of furan rings is 1. The summed E-state index contributed by atoms with van der Waals surface area (Å²) in [5.41, 5.74) is 2.97. The molecule has 202 valence electrons. The van der Waals surface area contributed by atoms with E-state index in [1.807, 2.05) is 67.6 Å². The van der Waals surface area contributed by atoms with Gasteiger partial charge in [-0.15, -0.1) is 0 Å². The molecular formula is C32H29FN4O3. The van der Waals surface area contributed by atoms with Gasteiger partial charge in [-0.2, -0.15) is 5.10 Å². The lowest BCUT2D eigenvalue weighted by molar-refractivity contribution is -0.137. The summed E-state index contributed by atoms with van der Waals surface area (Å²) < 4.78 is 20.7. The Labute approximate surface area is 231 Å². The third-order valence-corrected chi connectivity index (χ3v) is 6.60. The fourth-order valence-electron chi connectivity index (χ4n) is 4.62. The predicted octanol–water partition coefficient (Wildman–Crippen LogP) is 6.43. The lowest BCUT2D eigenvalue weighted by atomic mass is 9.95. The summed E-state index contributed by atoms with van der Waals surface area (Å²) in [6.07, 6.45) is 2.12. The highest BCUT2D eigenvalue weighted by Crippen LogP contribution is 2.26. The van der Waals surface area contributed by atoms with E-state index in [1.54, 1.807) is 41.3 Å². The number of hydrogen-bond acceptors (Lipinski definition) is 4. The monoisotopic (exact) mass is 536 g/mol. The van der Waals surface area contributed by atoms with Crippen molar-refractivity contribution in [2.24, 2.45) is 0 Å². The van der Waals surface area contributed by atoms with Crippen molar-refractivity contribution in [3.63, 3.8) is 0 Å². The van der Waals surface area contributed by atoms with Crippen molar-refractivity contribution in [1.29, 1.82) is 0 Å². The number of rotatable bonds is 10. The van der Waals surface area contributed by atoms with Crippen LogP contribution in [0.4, 0.5) is 10.2 Å². The van der Waals surface area contributed by atoms with Gasteiger partial charge in [-0.3, -0.25) is 9.59 Å². The van der Waals surface area contributed by atoms with E-state index in [0.717, 1.165) is 11.1 Å². The third-order valence-electron chi connectivity index (χ3n) is 6.60. The van der Waals surface area contributed by atoms with Crippen molar-refractivity contribution >= 4 is 17.6 Å². The molecule has 0 aliphatic carbocycles. The number of nitrogens with zero attached hydrogens (tertiary/aromatic N) is 3. The van der Waals surface area contributed by atoms with E-state index in [1.165, 1.54) is 17.0 Å². The zero-order valence-corrected chi connectivity index (χ0v) is 22.0. The lowest BCUT2D eigenvalue weighted by Gasteiger charge is -2.26. The van der Waals surface area contributed by atoms with Crippen LogP contribution in [0.5, 0.6) is 0 Å². The maximum Gasteiger partial charge on any atom is 0.245 e. The standard InChI is InChI=1S/C32H29FN4O3/c1-2-28(23-10-5-3-6-11-23)32(39)36(21-27-14-9-19-40-27)22-31(38)34-30-20-29(24-12-7-4-8-13-24)35-37(30)26-17-15-25(33)16-18-26/h3-20,28H,2,21-22H2,1H3,(H,34,38). The number of hydrogen-bond donors (Lipinski definition) is 1. The quantitative estimate of drug-likeness (QED) is 0.223. The van der Waals surface area contributed by atoms with Gasteiger partial charge in [0.15, 0.2) is 0 Å². The Bertz CT molecular complexity index is 1550. The zero-order valence-electron chi connectivity index (χ0n) is 22.0. The molecule has 3 aromatic carbocycles. The van der Waals surface area contributed by atoms with Crippen LogP contribution in [0.15, 0.2) is 114 Å². The number of carbonyl (C=O) groups excluding carboxylic acids is 2. The van der Waals surface area contributed by atoms with Crippen molar-refractivity contribution in [3.05, 3.63) is 127 Å². The smallest absolute Gasteiger partial charge is 0.245 e. The van der Waals surface area contributed by atoms with Gasteiger partial charge < -0.3 is 14.6 Å².